The molecule has 0 unspecified atom stereocenters. The minimum atomic E-state index is -3.79. The molecule has 0 bridgehead atoms. The molecule has 4 rings (SSSR count). The molecule has 0 spiro atoms. The van der Waals surface area contributed by atoms with Crippen LogP contribution in [0.2, 0.25) is 0 Å². The largest absolute Gasteiger partial charge is 0.491 e. The molecule has 1 aromatic heterocycles. The molecular formula is C20H26FN5O4S. The number of halogens is 1. The number of anilines is 2. The molecule has 2 fully saturated rings. The number of nitrogens with zero attached hydrogens (tertiary/aromatic N) is 5. The van der Waals surface area contributed by atoms with Crippen LogP contribution in [-0.4, -0.2) is 82.0 Å². The van der Waals surface area contributed by atoms with Gasteiger partial charge in [-0.05, 0) is 37.3 Å². The van der Waals surface area contributed by atoms with Crippen molar-refractivity contribution in [1.29, 1.82) is 0 Å². The number of piperazine rings is 1. The third kappa shape index (κ3) is 4.73. The van der Waals surface area contributed by atoms with Crippen LogP contribution < -0.4 is 14.5 Å². The van der Waals surface area contributed by atoms with Crippen molar-refractivity contribution < 1.29 is 22.3 Å². The highest BCUT2D eigenvalue weighted by Gasteiger charge is 2.30. The molecule has 0 amide bonds. The van der Waals surface area contributed by atoms with Crippen LogP contribution in [0.5, 0.6) is 5.75 Å². The van der Waals surface area contributed by atoms with Gasteiger partial charge in [0.15, 0.2) is 23.2 Å². The molecule has 2 aliphatic rings. The average molecular weight is 452 g/mol. The van der Waals surface area contributed by atoms with Gasteiger partial charge in [-0.2, -0.15) is 4.31 Å². The third-order valence-corrected chi connectivity index (χ3v) is 7.27. The molecule has 2 aromatic rings. The van der Waals surface area contributed by atoms with Gasteiger partial charge < -0.3 is 19.3 Å². The molecule has 31 heavy (non-hydrogen) atoms. The van der Waals surface area contributed by atoms with Crippen LogP contribution in [0.15, 0.2) is 35.2 Å². The van der Waals surface area contributed by atoms with Crippen LogP contribution in [-0.2, 0) is 14.8 Å². The second-order valence-electron chi connectivity index (χ2n) is 7.27. The average Bonchev–Trinajstić information content (AvgIpc) is 2.81. The lowest BCUT2D eigenvalue weighted by atomic mass is 10.3. The topological polar surface area (TPSA) is 88.1 Å². The predicted molar refractivity (Wildman–Crippen MR) is 114 cm³/mol. The maximum atomic E-state index is 14.1. The highest BCUT2D eigenvalue weighted by atomic mass is 32.2. The molecule has 0 N–H and O–H groups in total. The molecular weight excluding hydrogens is 425 g/mol. The lowest BCUT2D eigenvalue weighted by molar-refractivity contribution is 0.122. The Morgan fingerprint density at radius 3 is 2.13 bits per heavy atom. The van der Waals surface area contributed by atoms with E-state index in [-0.39, 0.29) is 23.7 Å². The van der Waals surface area contributed by atoms with Crippen molar-refractivity contribution >= 4 is 21.7 Å². The predicted octanol–water partition coefficient (Wildman–Crippen LogP) is 1.36. The molecule has 9 nitrogen and oxygen atoms in total. The SMILES string of the molecule is CCOc1ccc(S(=O)(=O)N2CCN(c3ccc(N4CCOCC4)nn3)CC2)cc1F. The summed E-state index contributed by atoms with van der Waals surface area (Å²) < 4.78 is 51.9. The van der Waals surface area contributed by atoms with E-state index in [1.165, 1.54) is 16.4 Å². The zero-order chi connectivity index (χ0) is 21.8. The number of benzene rings is 1. The fourth-order valence-corrected chi connectivity index (χ4v) is 5.10. The van der Waals surface area contributed by atoms with Gasteiger partial charge in [0.2, 0.25) is 10.0 Å². The van der Waals surface area contributed by atoms with E-state index in [1.807, 2.05) is 17.0 Å². The number of ether oxygens (including phenoxy) is 2. The summed E-state index contributed by atoms with van der Waals surface area (Å²) in [6, 6.07) is 7.59. The van der Waals surface area contributed by atoms with E-state index >= 15 is 0 Å². The molecule has 3 heterocycles. The van der Waals surface area contributed by atoms with Crippen molar-refractivity contribution in [1.82, 2.24) is 14.5 Å². The summed E-state index contributed by atoms with van der Waals surface area (Å²) in [4.78, 5) is 4.05. The highest BCUT2D eigenvalue weighted by molar-refractivity contribution is 7.89. The van der Waals surface area contributed by atoms with Crippen molar-refractivity contribution in [2.75, 3.05) is 68.9 Å². The van der Waals surface area contributed by atoms with Crippen LogP contribution >= 0.6 is 0 Å². The van der Waals surface area contributed by atoms with Crippen molar-refractivity contribution in [3.05, 3.63) is 36.1 Å². The Balaban J connectivity index is 1.39. The molecule has 11 heteroatoms. The second-order valence-corrected chi connectivity index (χ2v) is 9.20. The molecule has 0 atom stereocenters. The van der Waals surface area contributed by atoms with Crippen molar-refractivity contribution in [2.45, 2.75) is 11.8 Å². The van der Waals surface area contributed by atoms with Gasteiger partial charge in [-0.3, -0.25) is 0 Å². The van der Waals surface area contributed by atoms with E-state index in [0.29, 0.717) is 38.7 Å². The molecule has 0 aliphatic carbocycles. The Morgan fingerprint density at radius 2 is 1.58 bits per heavy atom. The first-order valence-electron chi connectivity index (χ1n) is 10.3. The number of aromatic nitrogens is 2. The molecule has 1 aromatic carbocycles. The van der Waals surface area contributed by atoms with E-state index in [2.05, 4.69) is 15.1 Å². The van der Waals surface area contributed by atoms with E-state index < -0.39 is 15.8 Å². The summed E-state index contributed by atoms with van der Waals surface area (Å²) in [5.74, 6) is 0.884. The summed E-state index contributed by atoms with van der Waals surface area (Å²) >= 11 is 0. The number of hydrogen-bond donors (Lipinski definition) is 0. The van der Waals surface area contributed by atoms with Gasteiger partial charge in [-0.15, -0.1) is 10.2 Å². The van der Waals surface area contributed by atoms with Crippen molar-refractivity contribution in [3.8, 4) is 5.75 Å². The number of rotatable bonds is 6. The van der Waals surface area contributed by atoms with Gasteiger partial charge in [-0.25, -0.2) is 12.8 Å². The zero-order valence-corrected chi connectivity index (χ0v) is 18.2. The Hall–Kier alpha value is -2.50. The molecule has 0 radical (unpaired) electrons. The van der Waals surface area contributed by atoms with Gasteiger partial charge in [-0.1, -0.05) is 0 Å². The van der Waals surface area contributed by atoms with Crippen LogP contribution in [0.25, 0.3) is 0 Å². The maximum absolute atomic E-state index is 14.1. The maximum Gasteiger partial charge on any atom is 0.243 e. The number of morpholine rings is 1. The number of hydrogen-bond acceptors (Lipinski definition) is 8. The van der Waals surface area contributed by atoms with Gasteiger partial charge in [0.1, 0.15) is 0 Å². The van der Waals surface area contributed by atoms with E-state index in [0.717, 1.165) is 25.0 Å². The quantitative estimate of drug-likeness (QED) is 0.651. The first kappa shape index (κ1) is 21.7. The third-order valence-electron chi connectivity index (χ3n) is 5.38. The smallest absolute Gasteiger partial charge is 0.243 e. The molecule has 0 saturated carbocycles. The summed E-state index contributed by atoms with van der Waals surface area (Å²) in [5, 5.41) is 8.64. The minimum Gasteiger partial charge on any atom is -0.491 e. The monoisotopic (exact) mass is 451 g/mol. The van der Waals surface area contributed by atoms with Gasteiger partial charge in [0.05, 0.1) is 24.7 Å². The van der Waals surface area contributed by atoms with Gasteiger partial charge >= 0.3 is 0 Å². The summed E-state index contributed by atoms with van der Waals surface area (Å²) in [6.07, 6.45) is 0. The van der Waals surface area contributed by atoms with Crippen molar-refractivity contribution in [2.24, 2.45) is 0 Å². The Labute approximate surface area is 181 Å². The summed E-state index contributed by atoms with van der Waals surface area (Å²) in [7, 11) is -3.79. The Morgan fingerprint density at radius 1 is 0.968 bits per heavy atom. The zero-order valence-electron chi connectivity index (χ0n) is 17.4. The van der Waals surface area contributed by atoms with Crippen LogP contribution in [0.3, 0.4) is 0 Å². The molecule has 2 saturated heterocycles. The van der Waals surface area contributed by atoms with Gasteiger partial charge in [0.25, 0.3) is 0 Å². The lowest BCUT2D eigenvalue weighted by Gasteiger charge is -2.34. The Kier molecular flexibility index (Phi) is 6.54. The number of sulfonamides is 1. The van der Waals surface area contributed by atoms with Crippen molar-refractivity contribution in [3.63, 3.8) is 0 Å². The first-order valence-corrected chi connectivity index (χ1v) is 11.8. The highest BCUT2D eigenvalue weighted by Crippen LogP contribution is 2.25. The van der Waals surface area contributed by atoms with E-state index in [1.54, 1.807) is 6.92 Å². The van der Waals surface area contributed by atoms with E-state index in [9.17, 15) is 12.8 Å². The summed E-state index contributed by atoms with van der Waals surface area (Å²) in [6.45, 7) is 6.50. The Bertz CT molecular complexity index is 991. The fraction of sp³-hybridized carbons (Fsp3) is 0.500. The van der Waals surface area contributed by atoms with Crippen LogP contribution in [0, 0.1) is 5.82 Å². The summed E-state index contributed by atoms with van der Waals surface area (Å²) in [5.41, 5.74) is 0. The normalized spacial score (nSPS) is 18.3. The van der Waals surface area contributed by atoms with Crippen LogP contribution in [0.1, 0.15) is 6.92 Å². The minimum absolute atomic E-state index is 0.0466. The van der Waals surface area contributed by atoms with Crippen LogP contribution in [0.4, 0.5) is 16.0 Å². The molecule has 2 aliphatic heterocycles. The van der Waals surface area contributed by atoms with Gasteiger partial charge in [0, 0.05) is 39.3 Å². The second kappa shape index (κ2) is 9.33. The molecule has 168 valence electrons. The lowest BCUT2D eigenvalue weighted by Crippen LogP contribution is -2.49. The van der Waals surface area contributed by atoms with E-state index in [4.69, 9.17) is 9.47 Å². The first-order chi connectivity index (χ1) is 15.0. The standard InChI is InChI=1S/C20H26FN5O4S/c1-2-30-18-4-3-16(15-17(18)21)31(27,28)26-9-7-24(8-10-26)19-5-6-20(23-22-19)25-11-13-29-14-12-25/h3-6,15H,2,7-14H2,1H3. The fourth-order valence-electron chi connectivity index (χ4n) is 3.67.